The summed E-state index contributed by atoms with van der Waals surface area (Å²) in [4.78, 5) is 0. The van der Waals surface area contributed by atoms with Gasteiger partial charge >= 0.3 is 26.2 Å². The van der Waals surface area contributed by atoms with E-state index in [1.54, 1.807) is 27.9 Å². The van der Waals surface area contributed by atoms with Gasteiger partial charge in [0.15, 0.2) is 0 Å². The molecule has 7 aliphatic carbocycles. The Morgan fingerprint density at radius 2 is 1.21 bits per heavy atom. The Bertz CT molecular complexity index is 1490. The molecule has 0 nitrogen and oxygen atoms in total. The number of hydrogen-bond donors (Lipinski definition) is 0. The predicted octanol–water partition coefficient (Wildman–Crippen LogP) is 4.92. The first-order chi connectivity index (χ1) is 18.9. The van der Waals surface area contributed by atoms with Gasteiger partial charge in [-0.15, -0.1) is 0 Å². The molecule has 43 heavy (non-hydrogen) atoms. The van der Waals surface area contributed by atoms with Crippen molar-refractivity contribution in [2.24, 2.45) is 37.9 Å². The van der Waals surface area contributed by atoms with Crippen LogP contribution in [-0.4, -0.2) is 0 Å². The van der Waals surface area contributed by atoms with E-state index in [0.29, 0.717) is 0 Å². The largest absolute Gasteiger partial charge is 3.00 e. The molecule has 0 N–H and O–H groups in total. The zero-order valence-electron chi connectivity index (χ0n) is 27.5. The van der Waals surface area contributed by atoms with Gasteiger partial charge in [0.1, 0.15) is 0 Å². The van der Waals surface area contributed by atoms with Crippen LogP contribution < -0.4 is 24.8 Å². The Balaban J connectivity index is 0.00000141. The van der Waals surface area contributed by atoms with E-state index < -0.39 is 0 Å². The fourth-order valence-electron chi connectivity index (χ4n) is 11.7. The minimum absolute atomic E-state index is 0. The van der Waals surface area contributed by atoms with Crippen LogP contribution >= 0.6 is 0 Å². The standard InChI is InChI=1S/C40H49.2ClH.Zr/c1-28-33(30-20-12-13-21-30)32(29-18-10-9-11-19-29)26-31-27-38(6)36(4)24-15-14-22-34(36,2)35(3)23-16-17-25-37(35,5)40(38,8)39(28,31)7;;;/h12-17,20,22-27H,9-11,18-19,21H2,1-8H3;2*1H;/q-1;;;+3/p-2. The third-order valence-corrected chi connectivity index (χ3v) is 15.0. The van der Waals surface area contributed by atoms with Crippen LogP contribution in [0.25, 0.3) is 0 Å². The van der Waals surface area contributed by atoms with E-state index in [1.165, 1.54) is 37.7 Å². The Morgan fingerprint density at radius 3 is 1.77 bits per heavy atom. The maximum Gasteiger partial charge on any atom is 3.00 e. The molecule has 0 aromatic heterocycles. The quantitative estimate of drug-likeness (QED) is 0.343. The average molecular weight is 692 g/mol. The molecule has 7 unspecified atom stereocenters. The van der Waals surface area contributed by atoms with Crippen LogP contribution in [0.3, 0.4) is 0 Å². The first kappa shape index (κ1) is 34.9. The van der Waals surface area contributed by atoms with Gasteiger partial charge in [-0.05, 0) is 66.4 Å². The zero-order chi connectivity index (χ0) is 28.4. The van der Waals surface area contributed by atoms with Gasteiger partial charge in [0, 0.05) is 16.2 Å². The summed E-state index contributed by atoms with van der Waals surface area (Å²) in [6.45, 7) is 20.8. The fraction of sp³-hybridized carbons (Fsp3) is 0.525. The molecule has 0 heterocycles. The monoisotopic (exact) mass is 689 g/mol. The SMILES string of the molecule is CC1=C(C2=CC=CC2)C(=C2CCCCC2)C=C2[CH-]C3(C)C4(C)C=CC=CC4(C)C4(C)C=CC=CC4(C)C3(C)C21C.[Cl-].[Cl-].[Zr+3]. The van der Waals surface area contributed by atoms with E-state index in [9.17, 15) is 0 Å². The number of halogens is 2. The van der Waals surface area contributed by atoms with Crippen molar-refractivity contribution in [1.82, 2.24) is 0 Å². The van der Waals surface area contributed by atoms with Crippen molar-refractivity contribution >= 4 is 0 Å². The van der Waals surface area contributed by atoms with Crippen LogP contribution in [0.15, 0.2) is 106 Å². The van der Waals surface area contributed by atoms with Crippen LogP contribution in [0.4, 0.5) is 0 Å². The van der Waals surface area contributed by atoms with Crippen LogP contribution in [0, 0.1) is 44.3 Å². The Morgan fingerprint density at radius 1 is 0.674 bits per heavy atom. The van der Waals surface area contributed by atoms with E-state index in [0.717, 1.165) is 6.42 Å². The maximum atomic E-state index is 2.79. The molecule has 0 saturated heterocycles. The minimum atomic E-state index is -0.0931. The van der Waals surface area contributed by atoms with E-state index in [4.69, 9.17) is 0 Å². The van der Waals surface area contributed by atoms with Gasteiger partial charge < -0.3 is 24.8 Å². The zero-order valence-corrected chi connectivity index (χ0v) is 31.5. The summed E-state index contributed by atoms with van der Waals surface area (Å²) in [5.41, 5.74) is 9.10. The molecule has 0 amide bonds. The van der Waals surface area contributed by atoms with Crippen LogP contribution in [0.1, 0.15) is 93.9 Å². The van der Waals surface area contributed by atoms with Gasteiger partial charge in [-0.3, -0.25) is 0 Å². The first-order valence-electron chi connectivity index (χ1n) is 16.0. The summed E-state index contributed by atoms with van der Waals surface area (Å²) >= 11 is 0. The number of hydrogen-bond acceptors (Lipinski definition) is 0. The molecule has 3 saturated carbocycles. The minimum Gasteiger partial charge on any atom is -1.00 e. The first-order valence-corrected chi connectivity index (χ1v) is 16.0. The van der Waals surface area contributed by atoms with Crippen molar-refractivity contribution in [3.8, 4) is 0 Å². The van der Waals surface area contributed by atoms with Crippen molar-refractivity contribution in [2.45, 2.75) is 93.9 Å². The van der Waals surface area contributed by atoms with Gasteiger partial charge in [-0.2, -0.15) is 6.08 Å². The summed E-state index contributed by atoms with van der Waals surface area (Å²) < 4.78 is 0. The van der Waals surface area contributed by atoms with Gasteiger partial charge in [0.05, 0.1) is 0 Å². The Labute approximate surface area is 293 Å². The molecular weight excluding hydrogens is 643 g/mol. The van der Waals surface area contributed by atoms with Crippen LogP contribution in [0.5, 0.6) is 0 Å². The second-order valence-corrected chi connectivity index (χ2v) is 15.3. The van der Waals surface area contributed by atoms with Crippen LogP contribution in [-0.2, 0) is 26.2 Å². The molecule has 1 radical (unpaired) electrons. The van der Waals surface area contributed by atoms with Crippen LogP contribution in [0.2, 0.25) is 0 Å². The van der Waals surface area contributed by atoms with Crippen molar-refractivity contribution in [2.75, 3.05) is 0 Å². The van der Waals surface area contributed by atoms with E-state index in [-0.39, 0.29) is 88.9 Å². The molecule has 0 bridgehead atoms. The van der Waals surface area contributed by atoms with Gasteiger partial charge in [-0.1, -0.05) is 144 Å². The fourth-order valence-corrected chi connectivity index (χ4v) is 11.7. The third kappa shape index (κ3) is 3.58. The van der Waals surface area contributed by atoms with Gasteiger partial charge in [0.25, 0.3) is 0 Å². The predicted molar refractivity (Wildman–Crippen MR) is 170 cm³/mol. The summed E-state index contributed by atoms with van der Waals surface area (Å²) in [7, 11) is 0. The molecule has 227 valence electrons. The topological polar surface area (TPSA) is 0 Å². The molecule has 7 atom stereocenters. The van der Waals surface area contributed by atoms with E-state index >= 15 is 0 Å². The average Bonchev–Trinajstić information content (AvgIpc) is 3.54. The molecule has 0 spiro atoms. The normalized spacial score (nSPS) is 45.0. The van der Waals surface area contributed by atoms with Crippen molar-refractivity contribution in [1.29, 1.82) is 0 Å². The summed E-state index contributed by atoms with van der Waals surface area (Å²) in [6, 6.07) is 0. The second kappa shape index (κ2) is 10.8. The Kier molecular flexibility index (Phi) is 8.74. The second-order valence-electron chi connectivity index (χ2n) is 15.3. The summed E-state index contributed by atoms with van der Waals surface area (Å²) in [5.74, 6) is 0. The maximum absolute atomic E-state index is 2.79. The van der Waals surface area contributed by atoms with E-state index in [1.807, 2.05) is 0 Å². The molecule has 3 heteroatoms. The van der Waals surface area contributed by atoms with Gasteiger partial charge in [0.2, 0.25) is 0 Å². The molecule has 0 aliphatic heterocycles. The number of allylic oxidation sites excluding steroid dienone is 18. The van der Waals surface area contributed by atoms with Gasteiger partial charge in [-0.25, -0.2) is 12.0 Å². The Hall–Kier alpha value is -1.01. The van der Waals surface area contributed by atoms with Crippen molar-refractivity contribution < 1.29 is 51.0 Å². The molecule has 7 rings (SSSR count). The van der Waals surface area contributed by atoms with Crippen molar-refractivity contribution in [3.05, 3.63) is 113 Å². The molecule has 0 aromatic carbocycles. The number of fused-ring (bicyclic) bond motifs is 8. The molecule has 3 fully saturated rings. The third-order valence-electron chi connectivity index (χ3n) is 15.0. The summed E-state index contributed by atoms with van der Waals surface area (Å²) in [5, 5.41) is 0. The molecule has 0 aromatic rings. The molecule has 7 aliphatic rings. The van der Waals surface area contributed by atoms with Crippen molar-refractivity contribution in [3.63, 3.8) is 0 Å². The molecular formula is C40H49Cl2Zr. The smallest absolute Gasteiger partial charge is 1.00 e. The summed E-state index contributed by atoms with van der Waals surface area (Å²) in [6.07, 6.45) is 39.8. The number of rotatable bonds is 1. The van der Waals surface area contributed by atoms with E-state index in [2.05, 4.69) is 135 Å².